The summed E-state index contributed by atoms with van der Waals surface area (Å²) in [6.45, 7) is 1.68. The predicted molar refractivity (Wildman–Crippen MR) is 155 cm³/mol. The zero-order valence-corrected chi connectivity index (χ0v) is 23.3. The highest BCUT2D eigenvalue weighted by atomic mass is 32.2. The summed E-state index contributed by atoms with van der Waals surface area (Å²) < 4.78 is 7.07. The minimum absolute atomic E-state index is 0.216. The Morgan fingerprint density at radius 2 is 1.62 bits per heavy atom. The van der Waals surface area contributed by atoms with E-state index in [0.717, 1.165) is 22.5 Å². The molecule has 10 heteroatoms. The Kier molecular flexibility index (Phi) is 6.81. The number of fused-ring (bicyclic) bond motifs is 2. The number of rotatable bonds is 6. The van der Waals surface area contributed by atoms with Crippen molar-refractivity contribution >= 4 is 52.2 Å². The van der Waals surface area contributed by atoms with Crippen LogP contribution in [0.5, 0.6) is 5.75 Å². The third-order valence-electron chi connectivity index (χ3n) is 7.26. The first-order valence-electron chi connectivity index (χ1n) is 12.7. The number of nitrogens with zero attached hydrogens (tertiary/aromatic N) is 2. The van der Waals surface area contributed by atoms with E-state index in [-0.39, 0.29) is 29.1 Å². The molecule has 202 valence electrons. The molecule has 40 heavy (non-hydrogen) atoms. The smallest absolute Gasteiger partial charge is 0.308 e. The van der Waals surface area contributed by atoms with Gasteiger partial charge in [0.05, 0.1) is 23.7 Å². The maximum absolute atomic E-state index is 14.0. The highest BCUT2D eigenvalue weighted by Crippen LogP contribution is 2.55. The minimum atomic E-state index is -0.769. The van der Waals surface area contributed by atoms with Crippen LogP contribution in [0.25, 0.3) is 0 Å². The van der Waals surface area contributed by atoms with E-state index in [1.54, 1.807) is 43.5 Å². The lowest BCUT2D eigenvalue weighted by Crippen LogP contribution is -2.33. The Bertz CT molecular complexity index is 1700. The molecule has 3 heterocycles. The molecule has 3 amide bonds. The summed E-state index contributed by atoms with van der Waals surface area (Å²) in [5, 5.41) is 2.64. The molecule has 0 aliphatic carbocycles. The van der Waals surface area contributed by atoms with E-state index in [2.05, 4.69) is 5.32 Å². The number of hydrogen-bond acceptors (Lipinski definition) is 7. The summed E-state index contributed by atoms with van der Waals surface area (Å²) in [6.07, 6.45) is 0. The van der Waals surface area contributed by atoms with Crippen LogP contribution in [0.1, 0.15) is 21.9 Å². The van der Waals surface area contributed by atoms with Gasteiger partial charge in [0.2, 0.25) is 17.7 Å². The van der Waals surface area contributed by atoms with E-state index in [1.807, 2.05) is 49.4 Å². The second-order valence-electron chi connectivity index (χ2n) is 9.62. The summed E-state index contributed by atoms with van der Waals surface area (Å²) in [5.41, 5.74) is 2.79. The number of hydrogen-bond donors (Lipinski definition) is 1. The molecule has 1 fully saturated rings. The number of nitrogens with one attached hydrogen (secondary N) is 1. The van der Waals surface area contributed by atoms with Crippen LogP contribution in [0.2, 0.25) is 0 Å². The predicted octanol–water partition coefficient (Wildman–Crippen LogP) is 4.66. The largest absolute Gasteiger partial charge is 0.496 e. The van der Waals surface area contributed by atoms with Gasteiger partial charge in [-0.15, -0.1) is 0 Å². The van der Waals surface area contributed by atoms with E-state index in [1.165, 1.54) is 21.2 Å². The molecule has 1 saturated heterocycles. The molecule has 3 atom stereocenters. The van der Waals surface area contributed by atoms with E-state index in [4.69, 9.17) is 4.74 Å². The summed E-state index contributed by atoms with van der Waals surface area (Å²) in [5.74, 6) is -1.79. The number of aryl methyl sites for hydroxylation is 1. The Labute approximate surface area is 238 Å². The van der Waals surface area contributed by atoms with Crippen molar-refractivity contribution in [3.8, 4) is 5.75 Å². The lowest BCUT2D eigenvalue weighted by molar-refractivity contribution is -0.122. The van der Waals surface area contributed by atoms with Crippen LogP contribution < -0.4 is 19.8 Å². The molecular formula is C30H25N3O5S2. The molecule has 3 aromatic carbocycles. The molecule has 1 aromatic heterocycles. The normalized spacial score (nSPS) is 19.8. The zero-order chi connectivity index (χ0) is 28.0. The zero-order valence-electron chi connectivity index (χ0n) is 21.7. The fourth-order valence-electron chi connectivity index (χ4n) is 5.39. The van der Waals surface area contributed by atoms with Gasteiger partial charge in [-0.05, 0) is 36.8 Å². The summed E-state index contributed by atoms with van der Waals surface area (Å²) in [4.78, 5) is 55.7. The van der Waals surface area contributed by atoms with Crippen molar-refractivity contribution < 1.29 is 19.1 Å². The molecule has 0 radical (unpaired) electrons. The van der Waals surface area contributed by atoms with Crippen molar-refractivity contribution in [1.82, 2.24) is 4.57 Å². The molecule has 0 bridgehead atoms. The summed E-state index contributed by atoms with van der Waals surface area (Å²) in [6, 6.07) is 23.6. The molecule has 0 spiro atoms. The lowest BCUT2D eigenvalue weighted by Gasteiger charge is -2.31. The van der Waals surface area contributed by atoms with Crippen LogP contribution >= 0.6 is 23.1 Å². The maximum atomic E-state index is 14.0. The highest BCUT2D eigenvalue weighted by molar-refractivity contribution is 8.00. The number of thiazole rings is 1. The van der Waals surface area contributed by atoms with Gasteiger partial charge in [0.15, 0.2) is 0 Å². The second-order valence-corrected chi connectivity index (χ2v) is 11.7. The van der Waals surface area contributed by atoms with Crippen molar-refractivity contribution in [3.63, 3.8) is 0 Å². The number of amides is 3. The Morgan fingerprint density at radius 3 is 2.38 bits per heavy atom. The fourth-order valence-corrected chi connectivity index (χ4v) is 8.16. The topological polar surface area (TPSA) is 97.7 Å². The number of methoxy groups -OCH3 is 1. The molecule has 6 rings (SSSR count). The van der Waals surface area contributed by atoms with Crippen LogP contribution in [0.4, 0.5) is 11.4 Å². The first-order chi connectivity index (χ1) is 19.4. The number of para-hydroxylation sites is 3. The standard InChI is InChI=1S/C30H25N3O5S2/c1-17-10-6-8-14-20(17)31-22(34)16-32-29-26(40-30(32)37)23(19-13-7-9-15-21(19)38-2)24-25(39-29)28(36)33(27(24)35)18-11-4-3-5-12-18/h3-15,23-25H,16H2,1-2H3,(H,31,34). The van der Waals surface area contributed by atoms with Crippen LogP contribution in [0.3, 0.4) is 0 Å². The van der Waals surface area contributed by atoms with Crippen LogP contribution in [0.15, 0.2) is 88.7 Å². The Hall–Kier alpha value is -4.15. The van der Waals surface area contributed by atoms with Gasteiger partial charge in [-0.1, -0.05) is 77.7 Å². The maximum Gasteiger partial charge on any atom is 0.308 e. The van der Waals surface area contributed by atoms with Crippen molar-refractivity contribution in [3.05, 3.63) is 105 Å². The summed E-state index contributed by atoms with van der Waals surface area (Å²) >= 11 is 2.20. The fraction of sp³-hybridized carbons (Fsp3) is 0.200. The van der Waals surface area contributed by atoms with Crippen molar-refractivity contribution in [2.24, 2.45) is 5.92 Å². The van der Waals surface area contributed by atoms with E-state index >= 15 is 0 Å². The molecule has 2 aliphatic heterocycles. The van der Waals surface area contributed by atoms with Crippen LogP contribution in [-0.4, -0.2) is 34.6 Å². The summed E-state index contributed by atoms with van der Waals surface area (Å²) in [7, 11) is 1.55. The number of imide groups is 1. The SMILES string of the molecule is COc1ccccc1C1c2sc(=O)n(CC(=O)Nc3ccccc3C)c2SC2C(=O)N(c3ccccc3)C(=O)C21. The lowest BCUT2D eigenvalue weighted by atomic mass is 9.82. The van der Waals surface area contributed by atoms with E-state index < -0.39 is 17.1 Å². The molecule has 2 aliphatic rings. The number of carbonyl (C=O) groups excluding carboxylic acids is 3. The van der Waals surface area contributed by atoms with Gasteiger partial charge in [-0.3, -0.25) is 23.7 Å². The van der Waals surface area contributed by atoms with Gasteiger partial charge in [-0.2, -0.15) is 0 Å². The number of ether oxygens (including phenoxy) is 1. The van der Waals surface area contributed by atoms with Gasteiger partial charge >= 0.3 is 4.87 Å². The van der Waals surface area contributed by atoms with Gasteiger partial charge < -0.3 is 10.1 Å². The number of thioether (sulfide) groups is 1. The number of carbonyl (C=O) groups is 3. The van der Waals surface area contributed by atoms with Gasteiger partial charge in [-0.25, -0.2) is 4.90 Å². The monoisotopic (exact) mass is 571 g/mol. The van der Waals surface area contributed by atoms with E-state index in [9.17, 15) is 19.2 Å². The number of aromatic nitrogens is 1. The number of anilines is 2. The third kappa shape index (κ3) is 4.33. The minimum Gasteiger partial charge on any atom is -0.496 e. The molecule has 3 unspecified atom stereocenters. The molecule has 1 N–H and O–H groups in total. The van der Waals surface area contributed by atoms with Crippen molar-refractivity contribution in [2.75, 3.05) is 17.3 Å². The molecule has 4 aromatic rings. The van der Waals surface area contributed by atoms with Crippen molar-refractivity contribution in [2.45, 2.75) is 29.7 Å². The quantitative estimate of drug-likeness (QED) is 0.338. The number of benzene rings is 3. The van der Waals surface area contributed by atoms with Gasteiger partial charge in [0.25, 0.3) is 0 Å². The second kappa shape index (κ2) is 10.4. The average molecular weight is 572 g/mol. The Balaban J connectivity index is 1.44. The Morgan fingerprint density at radius 1 is 0.925 bits per heavy atom. The molecule has 8 nitrogen and oxygen atoms in total. The van der Waals surface area contributed by atoms with Crippen LogP contribution in [-0.2, 0) is 20.9 Å². The third-order valence-corrected chi connectivity index (χ3v) is 9.86. The molecular weight excluding hydrogens is 546 g/mol. The van der Waals surface area contributed by atoms with Gasteiger partial charge in [0.1, 0.15) is 17.5 Å². The van der Waals surface area contributed by atoms with Gasteiger partial charge in [0, 0.05) is 22.0 Å². The average Bonchev–Trinajstić information content (AvgIpc) is 3.40. The van der Waals surface area contributed by atoms with Crippen LogP contribution in [0, 0.1) is 12.8 Å². The molecule has 0 saturated carbocycles. The first-order valence-corrected chi connectivity index (χ1v) is 14.4. The first kappa shape index (κ1) is 26.1. The van der Waals surface area contributed by atoms with E-state index in [0.29, 0.717) is 27.0 Å². The van der Waals surface area contributed by atoms with Crippen molar-refractivity contribution in [1.29, 1.82) is 0 Å². The highest BCUT2D eigenvalue weighted by Gasteiger charge is 2.57.